The van der Waals surface area contributed by atoms with Crippen LogP contribution in [-0.2, 0) is 21.4 Å². The van der Waals surface area contributed by atoms with Gasteiger partial charge in [-0.1, -0.05) is 18.2 Å². The Morgan fingerprint density at radius 3 is 2.53 bits per heavy atom. The molecular weight excluding hydrogens is 429 g/mol. The third kappa shape index (κ3) is 5.65. The predicted octanol–water partition coefficient (Wildman–Crippen LogP) is 3.94. The molecule has 0 aliphatic rings. The van der Waals surface area contributed by atoms with Crippen LogP contribution in [0, 0.1) is 5.82 Å². The Morgan fingerprint density at radius 1 is 1.10 bits per heavy atom. The van der Waals surface area contributed by atoms with Crippen molar-refractivity contribution in [2.24, 2.45) is 0 Å². The molecule has 0 unspecified atom stereocenters. The van der Waals surface area contributed by atoms with Gasteiger partial charge in [-0.3, -0.25) is 4.79 Å². The molecule has 0 saturated carbocycles. The second kappa shape index (κ2) is 9.84. The predicted molar refractivity (Wildman–Crippen MR) is 112 cm³/mol. The molecule has 0 radical (unpaired) electrons. The van der Waals surface area contributed by atoms with E-state index in [0.29, 0.717) is 23.6 Å². The molecule has 1 aromatic heterocycles. The number of nitrogens with zero attached hydrogens (tertiary/aromatic N) is 1. The summed E-state index contributed by atoms with van der Waals surface area (Å²) < 4.78 is 48.2. The molecule has 0 fully saturated rings. The van der Waals surface area contributed by atoms with E-state index in [1.54, 1.807) is 42.3 Å². The second-order valence-corrected chi connectivity index (χ2v) is 8.83. The Hall–Kier alpha value is -2.75. The molecule has 0 spiro atoms. The number of benzene rings is 2. The summed E-state index contributed by atoms with van der Waals surface area (Å²) in [6.45, 7) is 1.01. The number of hydrogen-bond acceptors (Lipinski definition) is 6. The number of carbonyl (C=O) groups excluding carboxylic acids is 1. The molecule has 1 heterocycles. The van der Waals surface area contributed by atoms with E-state index in [-0.39, 0.29) is 23.1 Å². The SMILES string of the molecule is COCCN(Cc1cccc(OS(=O)(=O)c2ccc(F)cc2)c1)C(=O)c1cccs1. The average molecular weight is 450 g/mol. The molecule has 0 saturated heterocycles. The maximum absolute atomic E-state index is 13.1. The first kappa shape index (κ1) is 21.9. The van der Waals surface area contributed by atoms with Crippen molar-refractivity contribution in [1.82, 2.24) is 4.90 Å². The Bertz CT molecular complexity index is 1080. The number of halogens is 1. The first-order chi connectivity index (χ1) is 14.4. The van der Waals surface area contributed by atoms with Crippen molar-refractivity contribution in [2.75, 3.05) is 20.3 Å². The first-order valence-electron chi connectivity index (χ1n) is 9.00. The van der Waals surface area contributed by atoms with Crippen LogP contribution in [0.3, 0.4) is 0 Å². The number of carbonyl (C=O) groups is 1. The Labute approximate surface area is 178 Å². The maximum Gasteiger partial charge on any atom is 0.339 e. The molecule has 30 heavy (non-hydrogen) atoms. The van der Waals surface area contributed by atoms with Gasteiger partial charge in [-0.25, -0.2) is 4.39 Å². The van der Waals surface area contributed by atoms with Crippen LogP contribution in [0.5, 0.6) is 5.75 Å². The molecule has 1 amide bonds. The van der Waals surface area contributed by atoms with Crippen LogP contribution in [0.2, 0.25) is 0 Å². The maximum atomic E-state index is 13.1. The zero-order valence-electron chi connectivity index (χ0n) is 16.2. The molecule has 9 heteroatoms. The second-order valence-electron chi connectivity index (χ2n) is 6.34. The number of hydrogen-bond donors (Lipinski definition) is 0. The fourth-order valence-corrected chi connectivity index (χ4v) is 4.32. The molecule has 0 bridgehead atoms. The monoisotopic (exact) mass is 449 g/mol. The lowest BCUT2D eigenvalue weighted by Crippen LogP contribution is -2.33. The summed E-state index contributed by atoms with van der Waals surface area (Å²) >= 11 is 1.35. The highest BCUT2D eigenvalue weighted by Gasteiger charge is 2.19. The van der Waals surface area contributed by atoms with Crippen molar-refractivity contribution in [1.29, 1.82) is 0 Å². The van der Waals surface area contributed by atoms with Gasteiger partial charge in [0.05, 0.1) is 11.5 Å². The van der Waals surface area contributed by atoms with Gasteiger partial charge in [0.2, 0.25) is 0 Å². The normalized spacial score (nSPS) is 11.3. The van der Waals surface area contributed by atoms with Crippen molar-refractivity contribution in [2.45, 2.75) is 11.4 Å². The van der Waals surface area contributed by atoms with Gasteiger partial charge in [0.15, 0.2) is 0 Å². The summed E-state index contributed by atoms with van der Waals surface area (Å²) in [4.78, 5) is 14.9. The fraction of sp³-hybridized carbons (Fsp3) is 0.190. The van der Waals surface area contributed by atoms with Crippen molar-refractivity contribution < 1.29 is 26.5 Å². The molecule has 0 N–H and O–H groups in total. The molecule has 6 nitrogen and oxygen atoms in total. The largest absolute Gasteiger partial charge is 0.383 e. The molecule has 0 atom stereocenters. The summed E-state index contributed by atoms with van der Waals surface area (Å²) in [5, 5.41) is 1.83. The Morgan fingerprint density at radius 2 is 1.87 bits per heavy atom. The van der Waals surface area contributed by atoms with E-state index in [0.717, 1.165) is 24.3 Å². The lowest BCUT2D eigenvalue weighted by Gasteiger charge is -2.22. The minimum absolute atomic E-state index is 0.104. The van der Waals surface area contributed by atoms with E-state index in [9.17, 15) is 17.6 Å². The van der Waals surface area contributed by atoms with Gasteiger partial charge < -0.3 is 13.8 Å². The van der Waals surface area contributed by atoms with Gasteiger partial charge in [0.1, 0.15) is 16.5 Å². The van der Waals surface area contributed by atoms with Crippen molar-refractivity contribution >= 4 is 27.4 Å². The van der Waals surface area contributed by atoms with Gasteiger partial charge >= 0.3 is 10.1 Å². The number of rotatable bonds is 9. The lowest BCUT2D eigenvalue weighted by atomic mass is 10.2. The van der Waals surface area contributed by atoms with E-state index in [1.807, 2.05) is 5.38 Å². The van der Waals surface area contributed by atoms with Gasteiger partial charge in [-0.2, -0.15) is 8.42 Å². The molecular formula is C21H20FNO5S2. The molecule has 3 aromatic rings. The first-order valence-corrected chi connectivity index (χ1v) is 11.3. The highest BCUT2D eigenvalue weighted by atomic mass is 32.2. The average Bonchev–Trinajstić information content (AvgIpc) is 3.26. The lowest BCUT2D eigenvalue weighted by molar-refractivity contribution is 0.0685. The zero-order chi connectivity index (χ0) is 21.6. The Balaban J connectivity index is 1.77. The van der Waals surface area contributed by atoms with Crippen LogP contribution in [-0.4, -0.2) is 39.5 Å². The van der Waals surface area contributed by atoms with E-state index in [1.165, 1.54) is 17.4 Å². The summed E-state index contributed by atoms with van der Waals surface area (Å²) in [6.07, 6.45) is 0. The van der Waals surface area contributed by atoms with E-state index < -0.39 is 15.9 Å². The highest BCUT2D eigenvalue weighted by Crippen LogP contribution is 2.22. The van der Waals surface area contributed by atoms with Crippen LogP contribution < -0.4 is 4.18 Å². The molecule has 3 rings (SSSR count). The van der Waals surface area contributed by atoms with Crippen molar-refractivity contribution in [3.05, 3.63) is 82.3 Å². The van der Waals surface area contributed by atoms with Crippen LogP contribution in [0.1, 0.15) is 15.2 Å². The van der Waals surface area contributed by atoms with E-state index in [2.05, 4.69) is 0 Å². The zero-order valence-corrected chi connectivity index (χ0v) is 17.8. The number of methoxy groups -OCH3 is 1. The Kier molecular flexibility index (Phi) is 7.20. The van der Waals surface area contributed by atoms with Gasteiger partial charge in [-0.05, 0) is 53.4 Å². The van der Waals surface area contributed by atoms with E-state index >= 15 is 0 Å². The van der Waals surface area contributed by atoms with Gasteiger partial charge in [0.25, 0.3) is 5.91 Å². The molecule has 158 valence electrons. The standard InChI is InChI=1S/C21H20FNO5S2/c1-27-12-11-23(21(24)20-6-3-13-29-20)15-16-4-2-5-18(14-16)28-30(25,26)19-9-7-17(22)8-10-19/h2-10,13-14H,11-12,15H2,1H3. The molecule has 2 aromatic carbocycles. The van der Waals surface area contributed by atoms with Gasteiger partial charge in [-0.15, -0.1) is 11.3 Å². The molecule has 0 aliphatic carbocycles. The summed E-state index contributed by atoms with van der Waals surface area (Å²) in [7, 11) is -2.55. The summed E-state index contributed by atoms with van der Waals surface area (Å²) in [6, 6.07) is 14.4. The summed E-state index contributed by atoms with van der Waals surface area (Å²) in [5.41, 5.74) is 0.697. The van der Waals surface area contributed by atoms with Crippen LogP contribution in [0.15, 0.2) is 70.9 Å². The smallest absolute Gasteiger partial charge is 0.339 e. The minimum atomic E-state index is -4.11. The number of ether oxygens (including phenoxy) is 1. The topological polar surface area (TPSA) is 72.9 Å². The third-order valence-electron chi connectivity index (χ3n) is 4.16. The summed E-state index contributed by atoms with van der Waals surface area (Å²) in [5.74, 6) is -0.568. The van der Waals surface area contributed by atoms with Crippen LogP contribution in [0.4, 0.5) is 4.39 Å². The van der Waals surface area contributed by atoms with Gasteiger partial charge in [0, 0.05) is 20.2 Å². The minimum Gasteiger partial charge on any atom is -0.383 e. The van der Waals surface area contributed by atoms with Crippen LogP contribution in [0.25, 0.3) is 0 Å². The number of amides is 1. The fourth-order valence-electron chi connectivity index (χ4n) is 2.70. The van der Waals surface area contributed by atoms with Crippen molar-refractivity contribution in [3.8, 4) is 5.75 Å². The third-order valence-corrected chi connectivity index (χ3v) is 6.28. The van der Waals surface area contributed by atoms with Crippen molar-refractivity contribution in [3.63, 3.8) is 0 Å². The number of thiophene rings is 1. The molecule has 0 aliphatic heterocycles. The van der Waals surface area contributed by atoms with E-state index in [4.69, 9.17) is 8.92 Å². The quantitative estimate of drug-likeness (QED) is 0.463. The highest BCUT2D eigenvalue weighted by molar-refractivity contribution is 7.87. The van der Waals surface area contributed by atoms with Crippen LogP contribution >= 0.6 is 11.3 Å².